The second-order valence-electron chi connectivity index (χ2n) is 5.81. The second-order valence-corrected chi connectivity index (χ2v) is 5.81. The van der Waals surface area contributed by atoms with Gasteiger partial charge >= 0.3 is 0 Å². The van der Waals surface area contributed by atoms with E-state index in [4.69, 9.17) is 0 Å². The molecule has 0 atom stereocenters. The monoisotopic (exact) mass is 252 g/mol. The summed E-state index contributed by atoms with van der Waals surface area (Å²) in [6.07, 6.45) is 4.51. The van der Waals surface area contributed by atoms with E-state index in [2.05, 4.69) is 12.2 Å². The summed E-state index contributed by atoms with van der Waals surface area (Å²) in [7, 11) is 0. The number of rotatable bonds is 4. The first-order valence-electron chi connectivity index (χ1n) is 7.18. The Morgan fingerprint density at radius 2 is 1.89 bits per heavy atom. The molecule has 1 aliphatic carbocycles. The average molecular weight is 252 g/mol. The van der Waals surface area contributed by atoms with E-state index in [0.29, 0.717) is 12.5 Å². The molecule has 1 N–H and O–H groups in total. The van der Waals surface area contributed by atoms with E-state index in [1.54, 1.807) is 0 Å². The number of hydrogen-bond donors (Lipinski definition) is 1. The predicted molar refractivity (Wildman–Crippen MR) is 69.9 cm³/mol. The number of nitrogens with one attached hydrogen (secondary N) is 1. The highest BCUT2D eigenvalue weighted by Gasteiger charge is 2.57. The molecule has 0 bridgehead atoms. The van der Waals surface area contributed by atoms with Crippen molar-refractivity contribution in [3.05, 3.63) is 0 Å². The molecule has 102 valence electrons. The van der Waals surface area contributed by atoms with Crippen LogP contribution in [0.15, 0.2) is 0 Å². The van der Waals surface area contributed by atoms with Crippen LogP contribution in [0.5, 0.6) is 0 Å². The minimum atomic E-state index is -0.699. The molecule has 1 heterocycles. The normalized spacial score (nSPS) is 22.7. The zero-order valence-electron chi connectivity index (χ0n) is 11.5. The Morgan fingerprint density at radius 3 is 2.39 bits per heavy atom. The molecular weight excluding hydrogens is 228 g/mol. The van der Waals surface area contributed by atoms with Crippen LogP contribution >= 0.6 is 0 Å². The standard InChI is InChI=1S/C14H24N2O2/c1-3-8-15-12(17)14(6-7-14)13(18)16-9-4-11(2)5-10-16/h11H,3-10H2,1-2H3,(H,15,17). The minimum absolute atomic E-state index is 0.0482. The number of hydrogen-bond acceptors (Lipinski definition) is 2. The molecule has 2 amide bonds. The van der Waals surface area contributed by atoms with Gasteiger partial charge in [-0.1, -0.05) is 13.8 Å². The molecule has 0 aromatic rings. The van der Waals surface area contributed by atoms with Crippen LogP contribution < -0.4 is 5.32 Å². The highest BCUT2D eigenvalue weighted by Crippen LogP contribution is 2.47. The van der Waals surface area contributed by atoms with Crippen molar-refractivity contribution in [1.82, 2.24) is 10.2 Å². The number of amides is 2. The van der Waals surface area contributed by atoms with Crippen LogP contribution in [0.25, 0.3) is 0 Å². The molecule has 4 heteroatoms. The van der Waals surface area contributed by atoms with Crippen molar-refractivity contribution in [3.63, 3.8) is 0 Å². The second kappa shape index (κ2) is 5.29. The van der Waals surface area contributed by atoms with E-state index in [1.807, 2.05) is 11.8 Å². The van der Waals surface area contributed by atoms with Crippen molar-refractivity contribution < 1.29 is 9.59 Å². The SMILES string of the molecule is CCCNC(=O)C1(C(=O)N2CCC(C)CC2)CC1. The van der Waals surface area contributed by atoms with Crippen LogP contribution in [0.2, 0.25) is 0 Å². The molecule has 1 aliphatic heterocycles. The van der Waals surface area contributed by atoms with E-state index in [-0.39, 0.29) is 11.8 Å². The van der Waals surface area contributed by atoms with Crippen molar-refractivity contribution in [1.29, 1.82) is 0 Å². The van der Waals surface area contributed by atoms with Crippen LogP contribution in [0.3, 0.4) is 0 Å². The summed E-state index contributed by atoms with van der Waals surface area (Å²) < 4.78 is 0. The van der Waals surface area contributed by atoms with Gasteiger partial charge in [0.05, 0.1) is 0 Å². The van der Waals surface area contributed by atoms with Crippen LogP contribution in [-0.2, 0) is 9.59 Å². The number of carbonyl (C=O) groups excluding carboxylic acids is 2. The van der Waals surface area contributed by atoms with Gasteiger partial charge in [0.25, 0.3) is 0 Å². The lowest BCUT2D eigenvalue weighted by atomic mass is 9.96. The summed E-state index contributed by atoms with van der Waals surface area (Å²) >= 11 is 0. The van der Waals surface area contributed by atoms with E-state index in [9.17, 15) is 9.59 Å². The fraction of sp³-hybridized carbons (Fsp3) is 0.857. The van der Waals surface area contributed by atoms with Crippen molar-refractivity contribution >= 4 is 11.8 Å². The Bertz CT molecular complexity index is 329. The largest absolute Gasteiger partial charge is 0.355 e. The molecule has 18 heavy (non-hydrogen) atoms. The Kier molecular flexibility index (Phi) is 3.93. The summed E-state index contributed by atoms with van der Waals surface area (Å²) in [5.41, 5.74) is -0.699. The lowest BCUT2D eigenvalue weighted by Crippen LogP contribution is -2.47. The van der Waals surface area contributed by atoms with Gasteiger partial charge in [-0.15, -0.1) is 0 Å². The van der Waals surface area contributed by atoms with E-state index < -0.39 is 5.41 Å². The summed E-state index contributed by atoms with van der Waals surface area (Å²) in [5, 5.41) is 2.88. The van der Waals surface area contributed by atoms with Gasteiger partial charge in [0.1, 0.15) is 5.41 Å². The topological polar surface area (TPSA) is 49.4 Å². The maximum absolute atomic E-state index is 12.5. The third kappa shape index (κ3) is 2.52. The molecule has 2 aliphatic rings. The number of carbonyl (C=O) groups is 2. The molecule has 2 fully saturated rings. The number of piperidine rings is 1. The molecule has 0 aromatic heterocycles. The van der Waals surface area contributed by atoms with Crippen LogP contribution in [-0.4, -0.2) is 36.3 Å². The van der Waals surface area contributed by atoms with E-state index >= 15 is 0 Å². The molecule has 1 saturated carbocycles. The van der Waals surface area contributed by atoms with E-state index in [1.165, 1.54) is 0 Å². The Morgan fingerprint density at radius 1 is 1.28 bits per heavy atom. The van der Waals surface area contributed by atoms with Crippen molar-refractivity contribution in [2.45, 2.75) is 46.0 Å². The average Bonchev–Trinajstić information content (AvgIpc) is 3.17. The minimum Gasteiger partial charge on any atom is -0.355 e. The first-order valence-corrected chi connectivity index (χ1v) is 7.18. The quantitative estimate of drug-likeness (QED) is 0.772. The Labute approximate surface area is 109 Å². The lowest BCUT2D eigenvalue weighted by molar-refractivity contribution is -0.145. The van der Waals surface area contributed by atoms with Crippen molar-refractivity contribution in [2.75, 3.05) is 19.6 Å². The zero-order chi connectivity index (χ0) is 13.2. The predicted octanol–water partition coefficient (Wildman–Crippen LogP) is 1.55. The zero-order valence-corrected chi connectivity index (χ0v) is 11.5. The van der Waals surface area contributed by atoms with Gasteiger partial charge in [-0.05, 0) is 38.0 Å². The summed E-state index contributed by atoms with van der Waals surface area (Å²) in [6.45, 7) is 6.56. The highest BCUT2D eigenvalue weighted by molar-refractivity contribution is 6.07. The number of nitrogens with zero attached hydrogens (tertiary/aromatic N) is 1. The van der Waals surface area contributed by atoms with Gasteiger partial charge in [0, 0.05) is 19.6 Å². The van der Waals surface area contributed by atoms with Gasteiger partial charge in [-0.25, -0.2) is 0 Å². The van der Waals surface area contributed by atoms with E-state index in [0.717, 1.165) is 45.2 Å². The Balaban J connectivity index is 1.93. The lowest BCUT2D eigenvalue weighted by Gasteiger charge is -2.32. The van der Waals surface area contributed by atoms with Gasteiger partial charge < -0.3 is 10.2 Å². The van der Waals surface area contributed by atoms with Gasteiger partial charge in [0.2, 0.25) is 11.8 Å². The first kappa shape index (κ1) is 13.4. The third-order valence-corrected chi connectivity index (χ3v) is 4.20. The van der Waals surface area contributed by atoms with Crippen molar-refractivity contribution in [3.8, 4) is 0 Å². The first-order chi connectivity index (χ1) is 8.60. The summed E-state index contributed by atoms with van der Waals surface area (Å²) in [6, 6.07) is 0. The molecule has 2 rings (SSSR count). The van der Waals surface area contributed by atoms with Crippen LogP contribution in [0.4, 0.5) is 0 Å². The summed E-state index contributed by atoms with van der Waals surface area (Å²) in [4.78, 5) is 26.4. The van der Waals surface area contributed by atoms with Crippen LogP contribution in [0.1, 0.15) is 46.0 Å². The molecule has 0 radical (unpaired) electrons. The smallest absolute Gasteiger partial charge is 0.238 e. The molecule has 0 aromatic carbocycles. The molecule has 4 nitrogen and oxygen atoms in total. The molecule has 0 unspecified atom stereocenters. The highest BCUT2D eigenvalue weighted by atomic mass is 16.2. The maximum Gasteiger partial charge on any atom is 0.238 e. The van der Waals surface area contributed by atoms with Gasteiger partial charge in [-0.3, -0.25) is 9.59 Å². The molecular formula is C14H24N2O2. The van der Waals surface area contributed by atoms with Crippen molar-refractivity contribution in [2.24, 2.45) is 11.3 Å². The molecule has 0 spiro atoms. The summed E-state index contributed by atoms with van der Waals surface area (Å²) in [5.74, 6) is 0.731. The fourth-order valence-electron chi connectivity index (χ4n) is 2.59. The Hall–Kier alpha value is -1.06. The van der Waals surface area contributed by atoms with Gasteiger partial charge in [-0.2, -0.15) is 0 Å². The third-order valence-electron chi connectivity index (χ3n) is 4.20. The maximum atomic E-state index is 12.5. The molecule has 1 saturated heterocycles. The van der Waals surface area contributed by atoms with Gasteiger partial charge in [0.15, 0.2) is 0 Å². The van der Waals surface area contributed by atoms with Crippen LogP contribution in [0, 0.1) is 11.3 Å². The number of likely N-dealkylation sites (tertiary alicyclic amines) is 1. The fourth-order valence-corrected chi connectivity index (χ4v) is 2.59.